The molecule has 13 heavy (non-hydrogen) atoms. The molecule has 0 spiro atoms. The predicted octanol–water partition coefficient (Wildman–Crippen LogP) is -0.747. The van der Waals surface area contributed by atoms with Crippen LogP contribution in [0.2, 0.25) is 0 Å². The minimum atomic E-state index is 0.782. The van der Waals surface area contributed by atoms with Crippen LogP contribution in [0.1, 0.15) is 19.3 Å². The molecule has 1 heterocycles. The molecule has 0 aromatic rings. The van der Waals surface area contributed by atoms with E-state index in [-0.39, 0.29) is 0 Å². The van der Waals surface area contributed by atoms with E-state index in [2.05, 4.69) is 10.6 Å². The molecule has 0 amide bonds. The zero-order valence-corrected chi connectivity index (χ0v) is 8.52. The van der Waals surface area contributed by atoms with Crippen LogP contribution in [0.3, 0.4) is 0 Å². The van der Waals surface area contributed by atoms with Gasteiger partial charge in [0.05, 0.1) is 0 Å². The van der Waals surface area contributed by atoms with Crippen molar-refractivity contribution in [3.05, 3.63) is 0 Å². The van der Waals surface area contributed by atoms with Gasteiger partial charge in [0.2, 0.25) is 0 Å². The van der Waals surface area contributed by atoms with Crippen LogP contribution in [-0.2, 0) is 0 Å². The largest absolute Gasteiger partial charge is 0.330 e. The van der Waals surface area contributed by atoms with Gasteiger partial charge in [0.1, 0.15) is 0 Å². The number of hydrogen-bond donors (Lipinski definition) is 4. The fourth-order valence-corrected chi connectivity index (χ4v) is 0.746. The van der Waals surface area contributed by atoms with Gasteiger partial charge >= 0.3 is 0 Å². The second-order valence-corrected chi connectivity index (χ2v) is 3.14. The second kappa shape index (κ2) is 11.8. The van der Waals surface area contributed by atoms with Gasteiger partial charge in [-0.2, -0.15) is 0 Å². The van der Waals surface area contributed by atoms with Crippen LogP contribution in [0.5, 0.6) is 0 Å². The maximum Gasteiger partial charge on any atom is 0.00772 e. The van der Waals surface area contributed by atoms with E-state index >= 15 is 0 Å². The van der Waals surface area contributed by atoms with Crippen molar-refractivity contribution in [1.29, 1.82) is 0 Å². The van der Waals surface area contributed by atoms with Crippen LogP contribution < -0.4 is 22.1 Å². The molecule has 0 radical (unpaired) electrons. The van der Waals surface area contributed by atoms with Crippen molar-refractivity contribution in [2.75, 3.05) is 39.3 Å². The molecular formula is C9H24N4. The summed E-state index contributed by atoms with van der Waals surface area (Å²) in [6.07, 6.45) is 3.37. The smallest absolute Gasteiger partial charge is 0.00772 e. The molecule has 4 nitrogen and oxygen atoms in total. The quantitative estimate of drug-likeness (QED) is 0.313. The average molecular weight is 188 g/mol. The Labute approximate surface area is 81.4 Å². The van der Waals surface area contributed by atoms with Gasteiger partial charge in [0.15, 0.2) is 0 Å². The minimum absolute atomic E-state index is 0.782. The van der Waals surface area contributed by atoms with Gasteiger partial charge < -0.3 is 22.1 Å². The Morgan fingerprint density at radius 3 is 1.92 bits per heavy atom. The summed E-state index contributed by atoms with van der Waals surface area (Å²) in [5, 5.41) is 6.29. The summed E-state index contributed by atoms with van der Waals surface area (Å²) in [4.78, 5) is 0. The van der Waals surface area contributed by atoms with Crippen molar-refractivity contribution >= 4 is 0 Å². The van der Waals surface area contributed by atoms with E-state index in [0.717, 1.165) is 39.0 Å². The summed E-state index contributed by atoms with van der Waals surface area (Å²) < 4.78 is 0. The Morgan fingerprint density at radius 1 is 0.923 bits per heavy atom. The van der Waals surface area contributed by atoms with Crippen molar-refractivity contribution in [2.45, 2.75) is 19.3 Å². The summed E-state index contributed by atoms with van der Waals surface area (Å²) in [5.74, 6) is 0. The van der Waals surface area contributed by atoms with Crippen LogP contribution in [0.4, 0.5) is 0 Å². The lowest BCUT2D eigenvalue weighted by Crippen LogP contribution is -2.19. The lowest BCUT2D eigenvalue weighted by Gasteiger charge is -2.01. The fourth-order valence-electron chi connectivity index (χ4n) is 0.746. The van der Waals surface area contributed by atoms with Crippen molar-refractivity contribution in [1.82, 2.24) is 10.6 Å². The molecular weight excluding hydrogens is 164 g/mol. The molecule has 0 unspecified atom stereocenters. The average Bonchev–Trinajstić information content (AvgIpc) is 2.98. The number of hydrogen-bond acceptors (Lipinski definition) is 4. The van der Waals surface area contributed by atoms with E-state index in [4.69, 9.17) is 11.5 Å². The number of unbranched alkanes of at least 4 members (excludes halogenated alkanes) is 1. The first-order valence-corrected chi connectivity index (χ1v) is 5.23. The standard InChI is InChI=1S/C7H19N3.C2H5N/c8-4-1-2-6-10-7-3-5-9;1-2-3-1/h10H,1-9H2;3H,1-2H2. The highest BCUT2D eigenvalue weighted by atomic mass is 15.0. The Hall–Kier alpha value is -0.160. The Balaban J connectivity index is 0.000000396. The van der Waals surface area contributed by atoms with Gasteiger partial charge in [-0.3, -0.25) is 0 Å². The highest BCUT2D eigenvalue weighted by molar-refractivity contribution is 4.58. The second-order valence-electron chi connectivity index (χ2n) is 3.14. The zero-order chi connectivity index (χ0) is 9.78. The molecule has 1 rings (SSSR count). The lowest BCUT2D eigenvalue weighted by molar-refractivity contribution is 0.611. The number of nitrogens with one attached hydrogen (secondary N) is 2. The molecule has 0 saturated carbocycles. The van der Waals surface area contributed by atoms with Crippen LogP contribution in [0, 0.1) is 0 Å². The van der Waals surface area contributed by atoms with Crippen LogP contribution >= 0.6 is 0 Å². The summed E-state index contributed by atoms with van der Waals surface area (Å²) in [6, 6.07) is 0. The minimum Gasteiger partial charge on any atom is -0.330 e. The lowest BCUT2D eigenvalue weighted by atomic mass is 10.3. The number of nitrogens with two attached hydrogens (primary N) is 2. The van der Waals surface area contributed by atoms with Gasteiger partial charge in [-0.1, -0.05) is 0 Å². The zero-order valence-electron chi connectivity index (χ0n) is 8.52. The van der Waals surface area contributed by atoms with Crippen molar-refractivity contribution in [3.8, 4) is 0 Å². The Bertz CT molecular complexity index is 74.9. The van der Waals surface area contributed by atoms with Crippen molar-refractivity contribution in [2.24, 2.45) is 11.5 Å². The fraction of sp³-hybridized carbons (Fsp3) is 1.00. The third kappa shape index (κ3) is 18.7. The van der Waals surface area contributed by atoms with E-state index in [9.17, 15) is 0 Å². The molecule has 0 atom stereocenters. The third-order valence-corrected chi connectivity index (χ3v) is 1.62. The predicted molar refractivity (Wildman–Crippen MR) is 57.7 cm³/mol. The summed E-state index contributed by atoms with van der Waals surface area (Å²) in [7, 11) is 0. The van der Waals surface area contributed by atoms with Crippen LogP contribution in [-0.4, -0.2) is 39.3 Å². The van der Waals surface area contributed by atoms with Gasteiger partial charge in [0, 0.05) is 13.1 Å². The van der Waals surface area contributed by atoms with E-state index < -0.39 is 0 Å². The molecule has 0 aromatic heterocycles. The molecule has 1 fully saturated rings. The molecule has 0 aromatic carbocycles. The molecule has 80 valence electrons. The molecule has 0 bridgehead atoms. The monoisotopic (exact) mass is 188 g/mol. The first-order valence-electron chi connectivity index (χ1n) is 5.23. The maximum atomic E-state index is 5.32. The SMILES string of the molecule is C1CN1.NCCCCNCCCN. The summed E-state index contributed by atoms with van der Waals surface area (Å²) in [5.41, 5.74) is 10.6. The van der Waals surface area contributed by atoms with Gasteiger partial charge in [-0.15, -0.1) is 0 Å². The molecule has 6 N–H and O–H groups in total. The van der Waals surface area contributed by atoms with Gasteiger partial charge in [0.25, 0.3) is 0 Å². The van der Waals surface area contributed by atoms with E-state index in [0.29, 0.717) is 0 Å². The molecule has 1 saturated heterocycles. The molecule has 1 aliphatic rings. The third-order valence-electron chi connectivity index (χ3n) is 1.62. The first kappa shape index (κ1) is 12.8. The van der Waals surface area contributed by atoms with Gasteiger partial charge in [-0.25, -0.2) is 0 Å². The van der Waals surface area contributed by atoms with Crippen LogP contribution in [0.15, 0.2) is 0 Å². The van der Waals surface area contributed by atoms with Crippen molar-refractivity contribution < 1.29 is 0 Å². The van der Waals surface area contributed by atoms with Crippen molar-refractivity contribution in [3.63, 3.8) is 0 Å². The molecule has 1 aliphatic heterocycles. The Kier molecular flexibility index (Phi) is 11.7. The van der Waals surface area contributed by atoms with E-state index in [1.54, 1.807) is 0 Å². The van der Waals surface area contributed by atoms with E-state index in [1.165, 1.54) is 19.5 Å². The normalized spacial score (nSPS) is 13.4. The molecule has 0 aliphatic carbocycles. The van der Waals surface area contributed by atoms with Crippen LogP contribution in [0.25, 0.3) is 0 Å². The highest BCUT2D eigenvalue weighted by Crippen LogP contribution is 1.81. The van der Waals surface area contributed by atoms with Gasteiger partial charge in [-0.05, 0) is 45.4 Å². The molecule has 4 heteroatoms. The van der Waals surface area contributed by atoms with E-state index in [1.807, 2.05) is 0 Å². The summed E-state index contributed by atoms with van der Waals surface area (Å²) >= 11 is 0. The Morgan fingerprint density at radius 2 is 1.46 bits per heavy atom. The number of rotatable bonds is 7. The maximum absolute atomic E-state index is 5.32. The highest BCUT2D eigenvalue weighted by Gasteiger charge is 1.91. The topological polar surface area (TPSA) is 86.0 Å². The first-order chi connectivity index (χ1) is 6.41. The summed E-state index contributed by atoms with van der Waals surface area (Å²) in [6.45, 7) is 6.21.